The zero-order valence-corrected chi connectivity index (χ0v) is 12.6. The maximum atomic E-state index is 12.6. The molecule has 0 aliphatic carbocycles. The molecule has 0 saturated carbocycles. The Bertz CT molecular complexity index is 637. The summed E-state index contributed by atoms with van der Waals surface area (Å²) in [5, 5.41) is 0.712. The van der Waals surface area contributed by atoms with E-state index in [0.29, 0.717) is 21.2 Å². The molecule has 98 valence electrons. The molecule has 0 spiro atoms. The van der Waals surface area contributed by atoms with Gasteiger partial charge in [0.2, 0.25) is 0 Å². The van der Waals surface area contributed by atoms with Crippen LogP contribution in [0.2, 0.25) is 10.0 Å². The number of halogens is 2. The highest BCUT2D eigenvalue weighted by atomic mass is 35.5. The van der Waals surface area contributed by atoms with Crippen LogP contribution >= 0.6 is 23.2 Å². The zero-order valence-electron chi connectivity index (χ0n) is 11.1. The average molecular weight is 293 g/mol. The lowest BCUT2D eigenvalue weighted by Crippen LogP contribution is -2.07. The Kier molecular flexibility index (Phi) is 3.98. The maximum Gasteiger partial charge on any atom is 0.195 e. The molecule has 0 radical (unpaired) electrons. The number of ketones is 1. The van der Waals surface area contributed by atoms with Crippen molar-refractivity contribution in [2.24, 2.45) is 0 Å². The van der Waals surface area contributed by atoms with Crippen molar-refractivity contribution in [3.05, 3.63) is 68.2 Å². The predicted molar refractivity (Wildman–Crippen MR) is 80.5 cm³/mol. The summed E-state index contributed by atoms with van der Waals surface area (Å²) in [6, 6.07) is 9.11. The first-order valence-electron chi connectivity index (χ1n) is 5.98. The molecule has 1 nitrogen and oxygen atoms in total. The van der Waals surface area contributed by atoms with Crippen LogP contribution in [0.1, 0.15) is 32.6 Å². The molecule has 0 aromatic heterocycles. The molecule has 0 N–H and O–H groups in total. The second kappa shape index (κ2) is 5.36. The number of aryl methyl sites for hydroxylation is 3. The van der Waals surface area contributed by atoms with Gasteiger partial charge in [0.1, 0.15) is 0 Å². The lowest BCUT2D eigenvalue weighted by atomic mass is 9.93. The highest BCUT2D eigenvalue weighted by Crippen LogP contribution is 2.29. The highest BCUT2D eigenvalue weighted by Gasteiger charge is 2.18. The Morgan fingerprint density at radius 1 is 1.00 bits per heavy atom. The van der Waals surface area contributed by atoms with Crippen LogP contribution in [0.3, 0.4) is 0 Å². The number of benzene rings is 2. The van der Waals surface area contributed by atoms with Crippen LogP contribution in [0.5, 0.6) is 0 Å². The minimum Gasteiger partial charge on any atom is -0.289 e. The van der Waals surface area contributed by atoms with Gasteiger partial charge in [-0.1, -0.05) is 47.0 Å². The van der Waals surface area contributed by atoms with Gasteiger partial charge in [-0.05, 0) is 44.0 Å². The van der Waals surface area contributed by atoms with E-state index in [1.54, 1.807) is 18.2 Å². The third-order valence-corrected chi connectivity index (χ3v) is 3.92. The molecule has 0 amide bonds. The number of rotatable bonds is 2. The normalized spacial score (nSPS) is 10.6. The van der Waals surface area contributed by atoms with E-state index in [1.807, 2.05) is 32.9 Å². The Morgan fingerprint density at radius 2 is 1.58 bits per heavy atom. The summed E-state index contributed by atoms with van der Waals surface area (Å²) in [7, 11) is 0. The first kappa shape index (κ1) is 14.1. The number of carbonyl (C=O) groups is 1. The summed E-state index contributed by atoms with van der Waals surface area (Å²) in [5.74, 6) is -0.0810. The molecule has 0 unspecified atom stereocenters. The van der Waals surface area contributed by atoms with E-state index in [9.17, 15) is 4.79 Å². The lowest BCUT2D eigenvalue weighted by Gasteiger charge is -2.11. The smallest absolute Gasteiger partial charge is 0.195 e. The van der Waals surface area contributed by atoms with E-state index in [-0.39, 0.29) is 5.78 Å². The second-order valence-electron chi connectivity index (χ2n) is 4.70. The third kappa shape index (κ3) is 2.68. The molecule has 2 aromatic carbocycles. The quantitative estimate of drug-likeness (QED) is 0.700. The third-order valence-electron chi connectivity index (χ3n) is 3.10. The van der Waals surface area contributed by atoms with Crippen molar-refractivity contribution in [2.75, 3.05) is 0 Å². The van der Waals surface area contributed by atoms with E-state index in [0.717, 1.165) is 16.7 Å². The Morgan fingerprint density at radius 3 is 2.16 bits per heavy atom. The van der Waals surface area contributed by atoms with Crippen molar-refractivity contribution in [2.45, 2.75) is 20.8 Å². The Hall–Kier alpha value is -1.31. The fourth-order valence-electron chi connectivity index (χ4n) is 2.35. The molecule has 0 aliphatic rings. The van der Waals surface area contributed by atoms with E-state index >= 15 is 0 Å². The van der Waals surface area contributed by atoms with Crippen LogP contribution in [0.25, 0.3) is 0 Å². The molecule has 0 bridgehead atoms. The average Bonchev–Trinajstić information content (AvgIpc) is 2.31. The van der Waals surface area contributed by atoms with Gasteiger partial charge < -0.3 is 0 Å². The van der Waals surface area contributed by atoms with Gasteiger partial charge in [-0.2, -0.15) is 0 Å². The van der Waals surface area contributed by atoms with Crippen LogP contribution in [-0.4, -0.2) is 5.78 Å². The van der Waals surface area contributed by atoms with Crippen molar-refractivity contribution >= 4 is 29.0 Å². The fraction of sp³-hybridized carbons (Fsp3) is 0.188. The molecule has 0 fully saturated rings. The van der Waals surface area contributed by atoms with Gasteiger partial charge in [-0.15, -0.1) is 0 Å². The SMILES string of the molecule is Cc1cc(C)c(C(=O)c2cccc(Cl)c2Cl)c(C)c1. The zero-order chi connectivity index (χ0) is 14.2. The van der Waals surface area contributed by atoms with Crippen LogP contribution in [0, 0.1) is 20.8 Å². The van der Waals surface area contributed by atoms with Gasteiger partial charge in [-0.25, -0.2) is 0 Å². The molecular weight excluding hydrogens is 279 g/mol. The van der Waals surface area contributed by atoms with Gasteiger partial charge in [0.15, 0.2) is 5.78 Å². The maximum absolute atomic E-state index is 12.6. The van der Waals surface area contributed by atoms with E-state index in [2.05, 4.69) is 0 Å². The number of hydrogen-bond donors (Lipinski definition) is 0. The van der Waals surface area contributed by atoms with Gasteiger partial charge in [0.25, 0.3) is 0 Å². The van der Waals surface area contributed by atoms with Crippen molar-refractivity contribution in [3.63, 3.8) is 0 Å². The molecule has 2 rings (SSSR count). The summed E-state index contributed by atoms with van der Waals surface area (Å²) in [6.07, 6.45) is 0. The van der Waals surface area contributed by atoms with E-state index < -0.39 is 0 Å². The second-order valence-corrected chi connectivity index (χ2v) is 5.49. The molecule has 0 aliphatic heterocycles. The summed E-state index contributed by atoms with van der Waals surface area (Å²) < 4.78 is 0. The molecule has 0 atom stereocenters. The fourth-order valence-corrected chi connectivity index (χ4v) is 2.74. The molecular formula is C16H14Cl2O. The number of carbonyl (C=O) groups excluding carboxylic acids is 1. The standard InChI is InChI=1S/C16H14Cl2O/c1-9-7-10(2)14(11(3)8-9)16(19)12-5-4-6-13(17)15(12)18/h4-8H,1-3H3. The van der Waals surface area contributed by atoms with Gasteiger partial charge >= 0.3 is 0 Å². The van der Waals surface area contributed by atoms with Crippen molar-refractivity contribution < 1.29 is 4.79 Å². The van der Waals surface area contributed by atoms with Crippen LogP contribution in [0.15, 0.2) is 30.3 Å². The molecule has 3 heteroatoms. The van der Waals surface area contributed by atoms with Gasteiger partial charge in [-0.3, -0.25) is 4.79 Å². The van der Waals surface area contributed by atoms with Crippen molar-refractivity contribution in [3.8, 4) is 0 Å². The molecule has 2 aromatic rings. The van der Waals surface area contributed by atoms with E-state index in [4.69, 9.17) is 23.2 Å². The highest BCUT2D eigenvalue weighted by molar-refractivity contribution is 6.44. The van der Waals surface area contributed by atoms with E-state index in [1.165, 1.54) is 0 Å². The van der Waals surface area contributed by atoms with Crippen LogP contribution < -0.4 is 0 Å². The predicted octanol–water partition coefficient (Wildman–Crippen LogP) is 5.15. The Labute approximate surface area is 123 Å². The first-order valence-corrected chi connectivity index (χ1v) is 6.74. The lowest BCUT2D eigenvalue weighted by molar-refractivity contribution is 0.103. The van der Waals surface area contributed by atoms with Crippen LogP contribution in [-0.2, 0) is 0 Å². The van der Waals surface area contributed by atoms with Crippen LogP contribution in [0.4, 0.5) is 0 Å². The van der Waals surface area contributed by atoms with Crippen molar-refractivity contribution in [1.82, 2.24) is 0 Å². The topological polar surface area (TPSA) is 17.1 Å². The van der Waals surface area contributed by atoms with Gasteiger partial charge in [0.05, 0.1) is 10.0 Å². The monoisotopic (exact) mass is 292 g/mol. The summed E-state index contributed by atoms with van der Waals surface area (Å²) in [4.78, 5) is 12.6. The molecule has 19 heavy (non-hydrogen) atoms. The minimum absolute atomic E-state index is 0.0810. The summed E-state index contributed by atoms with van der Waals surface area (Å²) >= 11 is 12.1. The largest absolute Gasteiger partial charge is 0.289 e. The van der Waals surface area contributed by atoms with Gasteiger partial charge in [0, 0.05) is 11.1 Å². The summed E-state index contributed by atoms with van der Waals surface area (Å²) in [6.45, 7) is 5.89. The van der Waals surface area contributed by atoms with Crippen molar-refractivity contribution in [1.29, 1.82) is 0 Å². The number of hydrogen-bond acceptors (Lipinski definition) is 1. The molecule has 0 saturated heterocycles. The summed E-state index contributed by atoms with van der Waals surface area (Å²) in [5.41, 5.74) is 4.21. The first-order chi connectivity index (χ1) is 8.91. The Balaban J connectivity index is 2.60. The molecule has 0 heterocycles. The minimum atomic E-state index is -0.0810.